The molecule has 3 aromatic rings. The second kappa shape index (κ2) is 11.3. The summed E-state index contributed by atoms with van der Waals surface area (Å²) < 4.78 is 28.5. The molecule has 0 bridgehead atoms. The van der Waals surface area contributed by atoms with Crippen LogP contribution in [0.5, 0.6) is 0 Å². The van der Waals surface area contributed by atoms with Gasteiger partial charge in [0.1, 0.15) is 0 Å². The predicted molar refractivity (Wildman–Crippen MR) is 159 cm³/mol. The van der Waals surface area contributed by atoms with E-state index in [2.05, 4.69) is 22.2 Å². The van der Waals surface area contributed by atoms with E-state index in [0.717, 1.165) is 39.5 Å². The number of nitrogens with zero attached hydrogens (tertiary/aromatic N) is 6. The smallest absolute Gasteiger partial charge is 0.314 e. The van der Waals surface area contributed by atoms with Crippen LogP contribution in [-0.4, -0.2) is 67.0 Å². The van der Waals surface area contributed by atoms with Crippen LogP contribution in [-0.2, 0) is 9.59 Å². The molecule has 6 rings (SSSR count). The largest absolute Gasteiger partial charge is 0.332 e. The van der Waals surface area contributed by atoms with Gasteiger partial charge in [-0.1, -0.05) is 25.1 Å². The number of Topliss-reactive ketones (excluding diaryl/α,β-unsaturated/α-hetero) is 1. The lowest BCUT2D eigenvalue weighted by Crippen LogP contribution is -2.42. The van der Waals surface area contributed by atoms with Crippen molar-refractivity contribution in [1.29, 1.82) is 0 Å². The molecule has 226 valence electrons. The Bertz CT molecular complexity index is 1630. The number of carbonyl (C=O) groups is 2. The molecule has 0 aromatic carbocycles. The van der Waals surface area contributed by atoms with Crippen molar-refractivity contribution in [2.75, 3.05) is 13.6 Å². The summed E-state index contributed by atoms with van der Waals surface area (Å²) in [6.07, 6.45) is 15.6. The van der Waals surface area contributed by atoms with E-state index in [-0.39, 0.29) is 24.0 Å². The number of aryl methyl sites for hydroxylation is 1. The second-order valence-electron chi connectivity index (χ2n) is 12.3. The van der Waals surface area contributed by atoms with Crippen LogP contribution in [0.3, 0.4) is 0 Å². The third-order valence-corrected chi connectivity index (χ3v) is 9.20. The Balaban J connectivity index is 1.19. The highest BCUT2D eigenvalue weighted by atomic mass is 19.3. The van der Waals surface area contributed by atoms with Crippen molar-refractivity contribution in [2.24, 2.45) is 5.41 Å². The summed E-state index contributed by atoms with van der Waals surface area (Å²) in [4.78, 5) is 43.3. The highest BCUT2D eigenvalue weighted by molar-refractivity contribution is 5.94. The lowest BCUT2D eigenvalue weighted by atomic mass is 9.96. The Morgan fingerprint density at radius 1 is 1.23 bits per heavy atom. The minimum Gasteiger partial charge on any atom is -0.332 e. The molecule has 3 atom stereocenters. The molecule has 2 saturated carbocycles. The highest BCUT2D eigenvalue weighted by Gasteiger charge is 2.65. The fourth-order valence-corrected chi connectivity index (χ4v) is 6.50. The number of carbonyl (C=O) groups excluding carboxylic acids is 2. The first kappa shape index (κ1) is 29.1. The summed E-state index contributed by atoms with van der Waals surface area (Å²) >= 11 is 0. The van der Waals surface area contributed by atoms with Crippen LogP contribution < -0.4 is 0 Å². The molecule has 3 fully saturated rings. The van der Waals surface area contributed by atoms with Gasteiger partial charge in [0.2, 0.25) is 11.7 Å². The Morgan fingerprint density at radius 3 is 2.70 bits per heavy atom. The number of amides is 1. The van der Waals surface area contributed by atoms with E-state index in [1.807, 2.05) is 36.6 Å². The topological polar surface area (TPSA) is 83.7 Å². The van der Waals surface area contributed by atoms with Crippen LogP contribution in [0.2, 0.25) is 0 Å². The molecule has 1 amide bonds. The maximum Gasteiger partial charge on any atom is 0.314 e. The van der Waals surface area contributed by atoms with Crippen molar-refractivity contribution in [3.8, 4) is 11.3 Å². The van der Waals surface area contributed by atoms with Crippen molar-refractivity contribution in [3.63, 3.8) is 0 Å². The Kier molecular flexibility index (Phi) is 7.64. The zero-order valence-electron chi connectivity index (χ0n) is 25.1. The number of alkyl halides is 2. The number of allylic oxidation sites excluding steroid dienone is 2. The molecule has 8 nitrogen and oxygen atoms in total. The number of aromatic nitrogens is 4. The third kappa shape index (κ3) is 5.59. The fourth-order valence-electron chi connectivity index (χ4n) is 6.50. The lowest BCUT2D eigenvalue weighted by Gasteiger charge is -2.27. The zero-order valence-corrected chi connectivity index (χ0v) is 25.1. The van der Waals surface area contributed by atoms with Crippen molar-refractivity contribution in [3.05, 3.63) is 71.6 Å². The van der Waals surface area contributed by atoms with Gasteiger partial charge in [-0.3, -0.25) is 19.0 Å². The van der Waals surface area contributed by atoms with E-state index in [4.69, 9.17) is 4.98 Å². The zero-order chi connectivity index (χ0) is 30.5. The molecule has 0 radical (unpaired) electrons. The second-order valence-corrected chi connectivity index (χ2v) is 12.3. The van der Waals surface area contributed by atoms with E-state index in [0.29, 0.717) is 36.7 Å². The number of halogens is 2. The summed E-state index contributed by atoms with van der Waals surface area (Å²) in [7, 11) is 1.30. The number of fused-ring (bicyclic) bond motifs is 1. The summed E-state index contributed by atoms with van der Waals surface area (Å²) in [6, 6.07) is 3.36. The van der Waals surface area contributed by atoms with Crippen LogP contribution in [0.15, 0.2) is 54.6 Å². The molecule has 1 spiro atoms. The summed E-state index contributed by atoms with van der Waals surface area (Å²) in [5.41, 5.74) is 4.79. The minimum atomic E-state index is -2.65. The van der Waals surface area contributed by atoms with Crippen LogP contribution >= 0.6 is 0 Å². The molecule has 10 heteroatoms. The van der Waals surface area contributed by atoms with Gasteiger partial charge in [0.05, 0.1) is 22.8 Å². The number of pyridine rings is 1. The van der Waals surface area contributed by atoms with Gasteiger partial charge < -0.3 is 9.80 Å². The molecule has 3 aliphatic rings. The van der Waals surface area contributed by atoms with E-state index in [9.17, 15) is 18.4 Å². The van der Waals surface area contributed by atoms with E-state index < -0.39 is 18.0 Å². The number of likely N-dealkylation sites (tertiary alicyclic amines) is 1. The van der Waals surface area contributed by atoms with Crippen molar-refractivity contribution < 1.29 is 18.4 Å². The summed E-state index contributed by atoms with van der Waals surface area (Å²) in [5, 5.41) is 0. The van der Waals surface area contributed by atoms with Crippen LogP contribution in [0, 0.1) is 12.3 Å². The molecule has 0 N–H and O–H groups in total. The maximum atomic E-state index is 13.9. The molecule has 1 aliphatic heterocycles. The fraction of sp³-hybridized carbons (Fsp3) is 0.485. The Labute approximate surface area is 250 Å². The number of hydrogen-bond acceptors (Lipinski definition) is 6. The first-order valence-corrected chi connectivity index (χ1v) is 15.1. The lowest BCUT2D eigenvalue weighted by molar-refractivity contribution is -0.138. The molecule has 43 heavy (non-hydrogen) atoms. The van der Waals surface area contributed by atoms with Crippen molar-refractivity contribution >= 4 is 17.5 Å². The first-order chi connectivity index (χ1) is 20.6. The highest BCUT2D eigenvalue weighted by Crippen LogP contribution is 2.65. The Hall–Kier alpha value is -3.95. The maximum absolute atomic E-state index is 13.9. The average molecular weight is 589 g/mol. The standard InChI is InChI=1S/C33H38F2N6O2/c1-5-6-7-22(17-39(4)31(34)35)14-29(21(3)42)41-13-12-33(30(41)43)15-26(33)25-10-11-27(37-20(25)2)24-16-36-32-38-28(23-8-9-23)19-40(32)18-24/h6-7,10-11,16-19,23,26,29,31H,5,8-9,12-15H2,1-4H3/b7-6+,22-17+. The minimum absolute atomic E-state index is 0.0246. The molecular weight excluding hydrogens is 550 g/mol. The number of ketones is 1. The normalized spacial score (nSPS) is 22.9. The molecule has 3 aromatic heterocycles. The monoisotopic (exact) mass is 588 g/mol. The van der Waals surface area contributed by atoms with Gasteiger partial charge in [-0.05, 0) is 63.2 Å². The van der Waals surface area contributed by atoms with E-state index in [1.54, 1.807) is 17.2 Å². The third-order valence-electron chi connectivity index (χ3n) is 9.20. The van der Waals surface area contributed by atoms with Crippen LogP contribution in [0.1, 0.15) is 81.2 Å². The van der Waals surface area contributed by atoms with Crippen molar-refractivity contribution in [1.82, 2.24) is 29.2 Å². The average Bonchev–Trinajstić information content (AvgIpc) is 3.88. The summed E-state index contributed by atoms with van der Waals surface area (Å²) in [6.45, 7) is 3.22. The molecule has 4 heterocycles. The van der Waals surface area contributed by atoms with Gasteiger partial charge in [0.15, 0.2) is 5.78 Å². The first-order valence-electron chi connectivity index (χ1n) is 15.1. The summed E-state index contributed by atoms with van der Waals surface area (Å²) in [5.74, 6) is 1.11. The van der Waals surface area contributed by atoms with Crippen molar-refractivity contribution in [2.45, 2.75) is 83.7 Å². The van der Waals surface area contributed by atoms with Gasteiger partial charge >= 0.3 is 6.55 Å². The number of hydrogen-bond donors (Lipinski definition) is 0. The molecule has 1 saturated heterocycles. The van der Waals surface area contributed by atoms with Gasteiger partial charge in [-0.25, -0.2) is 9.97 Å². The van der Waals surface area contributed by atoms with Gasteiger partial charge in [-0.2, -0.15) is 8.78 Å². The van der Waals surface area contributed by atoms with Gasteiger partial charge in [-0.15, -0.1) is 0 Å². The van der Waals surface area contributed by atoms with E-state index >= 15 is 0 Å². The quantitative estimate of drug-likeness (QED) is 0.201. The van der Waals surface area contributed by atoms with Gasteiger partial charge in [0.25, 0.3) is 0 Å². The Morgan fingerprint density at radius 2 is 2.02 bits per heavy atom. The predicted octanol–water partition coefficient (Wildman–Crippen LogP) is 6.04. The number of imidazole rings is 1. The number of rotatable bonds is 11. The van der Waals surface area contributed by atoms with E-state index in [1.165, 1.54) is 33.0 Å². The molecule has 2 aliphatic carbocycles. The molecular formula is C33H38F2N6O2. The van der Waals surface area contributed by atoms with Crippen LogP contribution in [0.4, 0.5) is 8.78 Å². The van der Waals surface area contributed by atoms with Crippen LogP contribution in [0.25, 0.3) is 17.0 Å². The van der Waals surface area contributed by atoms with Gasteiger partial charge in [0, 0.05) is 67.9 Å². The SMILES string of the molecule is CC/C=C/C(=C\N(C)C(F)F)CC(C(C)=O)N1CCC2(CC2c2ccc(-c3cnc4nc(C5CC5)cn4c3)nc2C)C1=O. The molecule has 3 unspecified atom stereocenters.